The van der Waals surface area contributed by atoms with E-state index in [9.17, 15) is 4.79 Å². The Hall–Kier alpha value is -2.41. The van der Waals surface area contributed by atoms with Gasteiger partial charge in [0, 0.05) is 5.56 Å². The summed E-state index contributed by atoms with van der Waals surface area (Å²) in [5.41, 5.74) is 6.70. The van der Waals surface area contributed by atoms with E-state index >= 15 is 0 Å². The molecule has 1 aromatic carbocycles. The first-order valence-electron chi connectivity index (χ1n) is 5.82. The quantitative estimate of drug-likeness (QED) is 0.832. The molecule has 1 unspecified atom stereocenters. The van der Waals surface area contributed by atoms with Gasteiger partial charge in [0.05, 0.1) is 12.2 Å². The van der Waals surface area contributed by atoms with Gasteiger partial charge in [0.15, 0.2) is 6.10 Å². The number of hydrogen-bond acceptors (Lipinski definition) is 6. The SMILES string of the molecule is CC1Oc2ccc(-c3nnc(CN)o3)cc2NC1=O. The van der Waals surface area contributed by atoms with Gasteiger partial charge in [-0.3, -0.25) is 4.79 Å². The molecule has 1 aliphatic rings. The zero-order valence-corrected chi connectivity index (χ0v) is 10.2. The average Bonchev–Trinajstić information content (AvgIpc) is 2.88. The molecule has 1 aliphatic heterocycles. The number of benzene rings is 1. The summed E-state index contributed by atoms with van der Waals surface area (Å²) >= 11 is 0. The van der Waals surface area contributed by atoms with Crippen molar-refractivity contribution in [2.45, 2.75) is 19.6 Å². The number of nitrogens with two attached hydrogens (primary N) is 1. The topological polar surface area (TPSA) is 103 Å². The monoisotopic (exact) mass is 260 g/mol. The van der Waals surface area contributed by atoms with E-state index in [4.69, 9.17) is 14.9 Å². The van der Waals surface area contributed by atoms with Gasteiger partial charge in [0.1, 0.15) is 5.75 Å². The highest BCUT2D eigenvalue weighted by atomic mass is 16.5. The highest BCUT2D eigenvalue weighted by Crippen LogP contribution is 2.33. The zero-order chi connectivity index (χ0) is 13.4. The number of rotatable bonds is 2. The summed E-state index contributed by atoms with van der Waals surface area (Å²) in [6.07, 6.45) is -0.495. The molecular formula is C12H12N4O3. The number of amides is 1. The minimum atomic E-state index is -0.495. The summed E-state index contributed by atoms with van der Waals surface area (Å²) in [6, 6.07) is 5.27. The number of carbonyl (C=O) groups is 1. The number of hydrogen-bond donors (Lipinski definition) is 2. The maximum absolute atomic E-state index is 11.6. The van der Waals surface area contributed by atoms with Crippen molar-refractivity contribution in [2.75, 3.05) is 5.32 Å². The summed E-state index contributed by atoms with van der Waals surface area (Å²) in [7, 11) is 0. The molecule has 0 fully saturated rings. The van der Waals surface area contributed by atoms with Crippen molar-refractivity contribution in [1.29, 1.82) is 0 Å². The summed E-state index contributed by atoms with van der Waals surface area (Å²) in [5, 5.41) is 10.4. The van der Waals surface area contributed by atoms with Gasteiger partial charge in [-0.1, -0.05) is 0 Å². The van der Waals surface area contributed by atoms with Crippen molar-refractivity contribution in [3.05, 3.63) is 24.1 Å². The number of ether oxygens (including phenoxy) is 1. The van der Waals surface area contributed by atoms with Gasteiger partial charge in [-0.25, -0.2) is 0 Å². The van der Waals surface area contributed by atoms with Crippen LogP contribution in [0.2, 0.25) is 0 Å². The lowest BCUT2D eigenvalue weighted by Gasteiger charge is -2.23. The van der Waals surface area contributed by atoms with E-state index in [1.165, 1.54) is 0 Å². The van der Waals surface area contributed by atoms with Crippen LogP contribution in [0.4, 0.5) is 5.69 Å². The fourth-order valence-corrected chi connectivity index (χ4v) is 1.79. The molecule has 0 bridgehead atoms. The van der Waals surface area contributed by atoms with Crippen LogP contribution in [0, 0.1) is 0 Å². The molecule has 0 saturated heterocycles. The smallest absolute Gasteiger partial charge is 0.265 e. The van der Waals surface area contributed by atoms with Crippen LogP contribution in [0.15, 0.2) is 22.6 Å². The van der Waals surface area contributed by atoms with Gasteiger partial charge in [-0.05, 0) is 25.1 Å². The highest BCUT2D eigenvalue weighted by molar-refractivity contribution is 5.98. The second-order valence-electron chi connectivity index (χ2n) is 4.17. The lowest BCUT2D eigenvalue weighted by Crippen LogP contribution is -2.34. The van der Waals surface area contributed by atoms with Crippen molar-refractivity contribution in [1.82, 2.24) is 10.2 Å². The molecule has 2 aromatic rings. The molecule has 1 amide bonds. The fraction of sp³-hybridized carbons (Fsp3) is 0.250. The number of carbonyl (C=O) groups excluding carboxylic acids is 1. The van der Waals surface area contributed by atoms with E-state index in [0.29, 0.717) is 28.8 Å². The molecule has 0 aliphatic carbocycles. The van der Waals surface area contributed by atoms with Crippen LogP contribution in [-0.4, -0.2) is 22.2 Å². The van der Waals surface area contributed by atoms with Crippen LogP contribution in [0.5, 0.6) is 5.75 Å². The molecule has 19 heavy (non-hydrogen) atoms. The Labute approximate surface area is 108 Å². The Morgan fingerprint density at radius 1 is 1.42 bits per heavy atom. The molecule has 7 nitrogen and oxygen atoms in total. The molecule has 3 N–H and O–H groups in total. The maximum Gasteiger partial charge on any atom is 0.265 e. The van der Waals surface area contributed by atoms with Crippen LogP contribution in [0.25, 0.3) is 11.5 Å². The van der Waals surface area contributed by atoms with E-state index in [0.717, 1.165) is 0 Å². The third-order valence-electron chi connectivity index (χ3n) is 2.80. The van der Waals surface area contributed by atoms with E-state index in [2.05, 4.69) is 15.5 Å². The van der Waals surface area contributed by atoms with Gasteiger partial charge in [0.25, 0.3) is 5.91 Å². The molecule has 98 valence electrons. The zero-order valence-electron chi connectivity index (χ0n) is 10.2. The summed E-state index contributed by atoms with van der Waals surface area (Å²) in [5.74, 6) is 1.16. The summed E-state index contributed by atoms with van der Waals surface area (Å²) in [6.45, 7) is 1.88. The first kappa shape index (κ1) is 11.7. The molecule has 3 rings (SSSR count). The lowest BCUT2D eigenvalue weighted by atomic mass is 10.1. The van der Waals surface area contributed by atoms with Gasteiger partial charge in [-0.2, -0.15) is 0 Å². The molecule has 0 saturated carbocycles. The Morgan fingerprint density at radius 2 is 2.26 bits per heavy atom. The second kappa shape index (κ2) is 4.36. The van der Waals surface area contributed by atoms with Gasteiger partial charge < -0.3 is 20.2 Å². The van der Waals surface area contributed by atoms with Crippen LogP contribution >= 0.6 is 0 Å². The predicted octanol–water partition coefficient (Wildman–Crippen LogP) is 0.915. The van der Waals surface area contributed by atoms with E-state index in [1.807, 2.05) is 0 Å². The number of anilines is 1. The second-order valence-corrected chi connectivity index (χ2v) is 4.17. The molecule has 0 spiro atoms. The normalized spacial score (nSPS) is 17.6. The molecule has 7 heteroatoms. The minimum absolute atomic E-state index is 0.183. The molecule has 1 aromatic heterocycles. The van der Waals surface area contributed by atoms with Crippen LogP contribution in [0.1, 0.15) is 12.8 Å². The maximum atomic E-state index is 11.6. The Balaban J connectivity index is 1.97. The lowest BCUT2D eigenvalue weighted by molar-refractivity contribution is -0.122. The van der Waals surface area contributed by atoms with Crippen molar-refractivity contribution in [2.24, 2.45) is 5.73 Å². The third-order valence-corrected chi connectivity index (χ3v) is 2.80. The number of nitrogens with one attached hydrogen (secondary N) is 1. The average molecular weight is 260 g/mol. The van der Waals surface area contributed by atoms with E-state index in [-0.39, 0.29) is 12.5 Å². The van der Waals surface area contributed by atoms with Gasteiger partial charge >= 0.3 is 0 Å². The summed E-state index contributed by atoms with van der Waals surface area (Å²) < 4.78 is 10.8. The van der Waals surface area contributed by atoms with Crippen LogP contribution < -0.4 is 15.8 Å². The molecular weight excluding hydrogens is 248 g/mol. The number of aromatic nitrogens is 2. The minimum Gasteiger partial charge on any atom is -0.479 e. The Bertz CT molecular complexity index is 638. The third kappa shape index (κ3) is 2.04. The molecule has 1 atom stereocenters. The van der Waals surface area contributed by atoms with Crippen molar-refractivity contribution < 1.29 is 13.9 Å². The first-order chi connectivity index (χ1) is 9.17. The van der Waals surface area contributed by atoms with E-state index in [1.54, 1.807) is 25.1 Å². The highest BCUT2D eigenvalue weighted by Gasteiger charge is 2.24. The standard InChI is InChI=1S/C12H12N4O3/c1-6-11(17)14-8-4-7(2-3-9(8)18-6)12-16-15-10(5-13)19-12/h2-4,6H,5,13H2,1H3,(H,14,17). The van der Waals surface area contributed by atoms with Gasteiger partial charge in [-0.15, -0.1) is 10.2 Å². The number of nitrogens with zero attached hydrogens (tertiary/aromatic N) is 2. The van der Waals surface area contributed by atoms with Crippen molar-refractivity contribution in [3.8, 4) is 17.2 Å². The Morgan fingerprint density at radius 3 is 3.00 bits per heavy atom. The fourth-order valence-electron chi connectivity index (χ4n) is 1.79. The van der Waals surface area contributed by atoms with Crippen LogP contribution in [0.3, 0.4) is 0 Å². The number of fused-ring (bicyclic) bond motifs is 1. The predicted molar refractivity (Wildman–Crippen MR) is 66.3 cm³/mol. The first-order valence-corrected chi connectivity index (χ1v) is 5.82. The van der Waals surface area contributed by atoms with E-state index < -0.39 is 6.10 Å². The Kier molecular flexibility index (Phi) is 2.68. The van der Waals surface area contributed by atoms with Crippen LogP contribution in [-0.2, 0) is 11.3 Å². The molecule has 2 heterocycles. The van der Waals surface area contributed by atoms with Crippen molar-refractivity contribution in [3.63, 3.8) is 0 Å². The summed E-state index contributed by atoms with van der Waals surface area (Å²) in [4.78, 5) is 11.6. The van der Waals surface area contributed by atoms with Crippen molar-refractivity contribution >= 4 is 11.6 Å². The van der Waals surface area contributed by atoms with Gasteiger partial charge in [0.2, 0.25) is 11.8 Å². The molecule has 0 radical (unpaired) electrons. The largest absolute Gasteiger partial charge is 0.479 e.